The summed E-state index contributed by atoms with van der Waals surface area (Å²) in [6.45, 7) is 0.700. The molecule has 4 heteroatoms. The summed E-state index contributed by atoms with van der Waals surface area (Å²) in [6.07, 6.45) is 7.48. The first-order chi connectivity index (χ1) is 9.68. The molecule has 0 amide bonds. The number of ether oxygens (including phenoxy) is 2. The van der Waals surface area contributed by atoms with Crippen LogP contribution in [0.4, 0.5) is 0 Å². The second kappa shape index (κ2) is 5.57. The van der Waals surface area contributed by atoms with Crippen molar-refractivity contribution in [1.82, 2.24) is 0 Å². The van der Waals surface area contributed by atoms with Gasteiger partial charge in [0.25, 0.3) is 0 Å². The van der Waals surface area contributed by atoms with E-state index in [-0.39, 0.29) is 5.41 Å². The van der Waals surface area contributed by atoms with Gasteiger partial charge in [-0.2, -0.15) is 0 Å². The highest BCUT2D eigenvalue weighted by molar-refractivity contribution is 9.10. The molecule has 1 aromatic carbocycles. The Labute approximate surface area is 129 Å². The van der Waals surface area contributed by atoms with Crippen molar-refractivity contribution in [1.29, 1.82) is 0 Å². The fourth-order valence-electron chi connectivity index (χ4n) is 3.07. The zero-order chi connectivity index (χ0) is 14.2. The van der Waals surface area contributed by atoms with Crippen LogP contribution in [0.1, 0.15) is 44.1 Å². The number of benzene rings is 1. The molecule has 2 N–H and O–H groups in total. The van der Waals surface area contributed by atoms with Crippen LogP contribution in [-0.4, -0.2) is 19.8 Å². The Balaban J connectivity index is 1.89. The van der Waals surface area contributed by atoms with Crippen LogP contribution < -0.4 is 15.2 Å². The van der Waals surface area contributed by atoms with Crippen molar-refractivity contribution < 1.29 is 9.47 Å². The van der Waals surface area contributed by atoms with Crippen molar-refractivity contribution in [2.75, 3.05) is 13.7 Å². The second-order valence-electron chi connectivity index (χ2n) is 6.00. The normalized spacial score (nSPS) is 20.9. The maximum atomic E-state index is 6.15. The van der Waals surface area contributed by atoms with E-state index in [4.69, 9.17) is 15.2 Å². The molecule has 0 spiro atoms. The SMILES string of the molecule is COc1cc(C2(CN)CC2)cc(Br)c1OC1CCCC1. The predicted octanol–water partition coefficient (Wildman–Crippen LogP) is 3.77. The minimum absolute atomic E-state index is 0.168. The first-order valence-corrected chi connectivity index (χ1v) is 8.22. The fourth-order valence-corrected chi connectivity index (χ4v) is 3.61. The molecule has 110 valence electrons. The van der Waals surface area contributed by atoms with Crippen molar-refractivity contribution in [3.8, 4) is 11.5 Å². The van der Waals surface area contributed by atoms with Crippen LogP contribution in [0.25, 0.3) is 0 Å². The van der Waals surface area contributed by atoms with Gasteiger partial charge >= 0.3 is 0 Å². The molecular formula is C16H22BrNO2. The van der Waals surface area contributed by atoms with E-state index < -0.39 is 0 Å². The molecule has 2 aliphatic carbocycles. The van der Waals surface area contributed by atoms with Crippen LogP contribution >= 0.6 is 15.9 Å². The van der Waals surface area contributed by atoms with Gasteiger partial charge in [-0.3, -0.25) is 0 Å². The molecule has 2 aliphatic rings. The average Bonchev–Trinajstić information content (AvgIpc) is 3.10. The van der Waals surface area contributed by atoms with Gasteiger partial charge in [0.05, 0.1) is 17.7 Å². The molecule has 0 aromatic heterocycles. The minimum atomic E-state index is 0.168. The second-order valence-corrected chi connectivity index (χ2v) is 6.85. The van der Waals surface area contributed by atoms with Crippen LogP contribution in [0.3, 0.4) is 0 Å². The van der Waals surface area contributed by atoms with E-state index in [1.54, 1.807) is 7.11 Å². The van der Waals surface area contributed by atoms with Crippen LogP contribution in [0.5, 0.6) is 11.5 Å². The number of hydrogen-bond acceptors (Lipinski definition) is 3. The van der Waals surface area contributed by atoms with Crippen molar-refractivity contribution in [2.45, 2.75) is 50.0 Å². The third kappa shape index (κ3) is 2.56. The summed E-state index contributed by atoms with van der Waals surface area (Å²) in [7, 11) is 1.70. The Morgan fingerprint density at radius 2 is 2.00 bits per heavy atom. The summed E-state index contributed by atoms with van der Waals surface area (Å²) in [5.74, 6) is 1.66. The molecule has 0 bridgehead atoms. The zero-order valence-corrected chi connectivity index (χ0v) is 13.5. The van der Waals surface area contributed by atoms with Crippen LogP contribution in [0, 0.1) is 0 Å². The Hall–Kier alpha value is -0.740. The summed E-state index contributed by atoms with van der Waals surface area (Å²) in [6, 6.07) is 4.27. The highest BCUT2D eigenvalue weighted by Crippen LogP contribution is 2.51. The number of nitrogens with two attached hydrogens (primary N) is 1. The number of methoxy groups -OCH3 is 1. The summed E-state index contributed by atoms with van der Waals surface area (Å²) in [4.78, 5) is 0. The molecule has 0 unspecified atom stereocenters. The Kier molecular flexibility index (Phi) is 3.95. The number of halogens is 1. The van der Waals surface area contributed by atoms with E-state index in [2.05, 4.69) is 28.1 Å². The molecular weight excluding hydrogens is 318 g/mol. The van der Waals surface area contributed by atoms with Crippen molar-refractivity contribution in [2.24, 2.45) is 5.73 Å². The maximum absolute atomic E-state index is 6.15. The highest BCUT2D eigenvalue weighted by atomic mass is 79.9. The summed E-state index contributed by atoms with van der Waals surface area (Å²) in [5, 5.41) is 0. The monoisotopic (exact) mass is 339 g/mol. The third-order valence-electron chi connectivity index (χ3n) is 4.67. The van der Waals surface area contributed by atoms with Crippen LogP contribution in [0.15, 0.2) is 16.6 Å². The summed E-state index contributed by atoms with van der Waals surface area (Å²) in [5.41, 5.74) is 7.36. The molecule has 0 radical (unpaired) electrons. The van der Waals surface area contributed by atoms with Crippen molar-refractivity contribution >= 4 is 15.9 Å². The molecule has 3 rings (SSSR count). The fraction of sp³-hybridized carbons (Fsp3) is 0.625. The molecule has 20 heavy (non-hydrogen) atoms. The third-order valence-corrected chi connectivity index (χ3v) is 5.26. The summed E-state index contributed by atoms with van der Waals surface area (Å²) < 4.78 is 12.7. The van der Waals surface area contributed by atoms with Crippen molar-refractivity contribution in [3.63, 3.8) is 0 Å². The van der Waals surface area contributed by atoms with Gasteiger partial charge in [0.15, 0.2) is 11.5 Å². The smallest absolute Gasteiger partial charge is 0.175 e. The first kappa shape index (κ1) is 14.2. The van der Waals surface area contributed by atoms with Gasteiger partial charge in [0.2, 0.25) is 0 Å². The largest absolute Gasteiger partial charge is 0.493 e. The lowest BCUT2D eigenvalue weighted by Gasteiger charge is -2.20. The van der Waals surface area contributed by atoms with E-state index in [0.717, 1.165) is 28.8 Å². The van der Waals surface area contributed by atoms with Gasteiger partial charge in [-0.15, -0.1) is 0 Å². The van der Waals surface area contributed by atoms with Gasteiger partial charge in [-0.25, -0.2) is 0 Å². The molecule has 2 fully saturated rings. The van der Waals surface area contributed by atoms with Gasteiger partial charge in [0.1, 0.15) is 0 Å². The van der Waals surface area contributed by atoms with Crippen molar-refractivity contribution in [3.05, 3.63) is 22.2 Å². The van der Waals surface area contributed by atoms with E-state index in [1.165, 1.54) is 31.2 Å². The van der Waals surface area contributed by atoms with E-state index in [1.807, 2.05) is 0 Å². The lowest BCUT2D eigenvalue weighted by atomic mass is 9.96. The Morgan fingerprint density at radius 1 is 1.30 bits per heavy atom. The lowest BCUT2D eigenvalue weighted by molar-refractivity contribution is 0.199. The molecule has 0 saturated heterocycles. The molecule has 3 nitrogen and oxygen atoms in total. The molecule has 1 aromatic rings. The maximum Gasteiger partial charge on any atom is 0.175 e. The van der Waals surface area contributed by atoms with E-state index in [9.17, 15) is 0 Å². The van der Waals surface area contributed by atoms with Gasteiger partial charge in [-0.1, -0.05) is 0 Å². The quantitative estimate of drug-likeness (QED) is 0.887. The first-order valence-electron chi connectivity index (χ1n) is 7.43. The lowest BCUT2D eigenvalue weighted by Crippen LogP contribution is -2.20. The molecule has 0 heterocycles. The van der Waals surface area contributed by atoms with E-state index in [0.29, 0.717) is 12.6 Å². The average molecular weight is 340 g/mol. The van der Waals surface area contributed by atoms with Gasteiger partial charge in [-0.05, 0) is 72.2 Å². The minimum Gasteiger partial charge on any atom is -0.493 e. The van der Waals surface area contributed by atoms with Gasteiger partial charge in [0, 0.05) is 12.0 Å². The van der Waals surface area contributed by atoms with Gasteiger partial charge < -0.3 is 15.2 Å². The number of hydrogen-bond donors (Lipinski definition) is 1. The Bertz CT molecular complexity index is 493. The van der Waals surface area contributed by atoms with Crippen LogP contribution in [0.2, 0.25) is 0 Å². The number of rotatable bonds is 5. The standard InChI is InChI=1S/C16H22BrNO2/c1-19-14-9-11(16(10-18)6-7-16)8-13(17)15(14)20-12-4-2-3-5-12/h8-9,12H,2-7,10,18H2,1H3. The van der Waals surface area contributed by atoms with E-state index >= 15 is 0 Å². The topological polar surface area (TPSA) is 44.5 Å². The highest BCUT2D eigenvalue weighted by Gasteiger charge is 2.43. The zero-order valence-electron chi connectivity index (χ0n) is 12.0. The predicted molar refractivity (Wildman–Crippen MR) is 83.5 cm³/mol. The Morgan fingerprint density at radius 3 is 2.55 bits per heavy atom. The van der Waals surface area contributed by atoms with Crippen LogP contribution in [-0.2, 0) is 5.41 Å². The molecule has 0 aliphatic heterocycles. The summed E-state index contributed by atoms with van der Waals surface area (Å²) >= 11 is 3.65. The molecule has 0 atom stereocenters. The molecule has 2 saturated carbocycles.